The van der Waals surface area contributed by atoms with Crippen LogP contribution in [0.4, 0.5) is 14.6 Å². The number of ether oxygens (including phenoxy) is 2. The molecule has 0 unspecified atom stereocenters. The third-order valence-electron chi connectivity index (χ3n) is 1.47. The molecule has 0 fully saturated rings. The first-order valence-corrected chi connectivity index (χ1v) is 3.88. The van der Waals surface area contributed by atoms with Gasteiger partial charge in [-0.1, -0.05) is 0 Å². The second-order valence-electron chi connectivity index (χ2n) is 2.49. The first-order valence-electron chi connectivity index (χ1n) is 3.88. The van der Waals surface area contributed by atoms with Crippen molar-refractivity contribution in [3.8, 4) is 5.75 Å². The largest absolute Gasteiger partial charge is 0.487 e. The van der Waals surface area contributed by atoms with E-state index in [1.54, 1.807) is 0 Å². The first-order chi connectivity index (χ1) is 6.65. The Balaban J connectivity index is 2.72. The Hall–Kier alpha value is -1.43. The quantitative estimate of drug-likeness (QED) is 0.586. The summed E-state index contributed by atoms with van der Waals surface area (Å²) in [6.07, 6.45) is 0. The average Bonchev–Trinajstić information content (AvgIpc) is 2.14. The Morgan fingerprint density at radius 2 is 2.14 bits per heavy atom. The SMILES string of the molecule is COCCOc1cc(F)c(F)nc1N. The van der Waals surface area contributed by atoms with Gasteiger partial charge < -0.3 is 15.2 Å². The number of hydrogen-bond acceptors (Lipinski definition) is 4. The standard InChI is InChI=1S/C8H10F2N2O2/c1-13-2-3-14-6-4-5(9)7(10)12-8(6)11/h4H,2-3H2,1H3,(H2,11,12). The molecule has 0 saturated heterocycles. The van der Waals surface area contributed by atoms with Crippen molar-refractivity contribution < 1.29 is 18.3 Å². The minimum absolute atomic E-state index is 0.0148. The van der Waals surface area contributed by atoms with E-state index in [1.165, 1.54) is 7.11 Å². The summed E-state index contributed by atoms with van der Waals surface area (Å²) in [6.45, 7) is 0.534. The summed E-state index contributed by atoms with van der Waals surface area (Å²) < 4.78 is 34.9. The molecule has 0 aromatic carbocycles. The van der Waals surface area contributed by atoms with E-state index in [0.717, 1.165) is 6.07 Å². The van der Waals surface area contributed by atoms with Crippen LogP contribution in [0.25, 0.3) is 0 Å². The number of hydrogen-bond donors (Lipinski definition) is 1. The van der Waals surface area contributed by atoms with Crippen LogP contribution < -0.4 is 10.5 Å². The topological polar surface area (TPSA) is 57.4 Å². The molecule has 0 aliphatic carbocycles. The molecule has 0 bridgehead atoms. The highest BCUT2D eigenvalue weighted by molar-refractivity contribution is 5.45. The lowest BCUT2D eigenvalue weighted by molar-refractivity contribution is 0.146. The minimum atomic E-state index is -1.23. The van der Waals surface area contributed by atoms with Crippen molar-refractivity contribution >= 4 is 5.82 Å². The third-order valence-corrected chi connectivity index (χ3v) is 1.47. The smallest absolute Gasteiger partial charge is 0.251 e. The fourth-order valence-corrected chi connectivity index (χ4v) is 0.813. The van der Waals surface area contributed by atoms with Crippen LogP contribution in [0.2, 0.25) is 0 Å². The van der Waals surface area contributed by atoms with Crippen molar-refractivity contribution in [1.29, 1.82) is 0 Å². The van der Waals surface area contributed by atoms with Gasteiger partial charge in [-0.05, 0) is 0 Å². The van der Waals surface area contributed by atoms with Gasteiger partial charge in [-0.2, -0.15) is 9.37 Å². The molecule has 0 aliphatic heterocycles. The van der Waals surface area contributed by atoms with E-state index in [4.69, 9.17) is 15.2 Å². The Morgan fingerprint density at radius 3 is 2.79 bits per heavy atom. The summed E-state index contributed by atoms with van der Waals surface area (Å²) in [5.41, 5.74) is 5.29. The summed E-state index contributed by atoms with van der Waals surface area (Å²) in [4.78, 5) is 3.12. The van der Waals surface area contributed by atoms with Crippen molar-refractivity contribution in [1.82, 2.24) is 4.98 Å². The molecule has 2 N–H and O–H groups in total. The van der Waals surface area contributed by atoms with Crippen molar-refractivity contribution in [2.24, 2.45) is 0 Å². The van der Waals surface area contributed by atoms with Gasteiger partial charge in [0.1, 0.15) is 6.61 Å². The lowest BCUT2D eigenvalue weighted by atomic mass is 10.4. The number of nitrogens with two attached hydrogens (primary N) is 1. The van der Waals surface area contributed by atoms with Crippen LogP contribution in [-0.2, 0) is 4.74 Å². The molecule has 1 rings (SSSR count). The normalized spacial score (nSPS) is 10.2. The molecule has 1 heterocycles. The molecule has 0 spiro atoms. The molecule has 1 aromatic rings. The predicted octanol–water partition coefficient (Wildman–Crippen LogP) is 0.967. The lowest BCUT2D eigenvalue weighted by Gasteiger charge is -2.07. The number of methoxy groups -OCH3 is 1. The molecule has 0 atom stereocenters. The van der Waals surface area contributed by atoms with Crippen molar-refractivity contribution in [2.45, 2.75) is 0 Å². The zero-order valence-corrected chi connectivity index (χ0v) is 7.59. The number of aromatic nitrogens is 1. The van der Waals surface area contributed by atoms with Crippen LogP contribution in [0.3, 0.4) is 0 Å². The molecule has 0 radical (unpaired) electrons. The van der Waals surface area contributed by atoms with Crippen molar-refractivity contribution in [3.05, 3.63) is 17.8 Å². The van der Waals surface area contributed by atoms with Gasteiger partial charge in [0.2, 0.25) is 0 Å². The van der Waals surface area contributed by atoms with Gasteiger partial charge in [0.25, 0.3) is 5.95 Å². The Bertz CT molecular complexity index is 320. The first kappa shape index (κ1) is 10.6. The molecule has 0 saturated carbocycles. The monoisotopic (exact) mass is 204 g/mol. The van der Waals surface area contributed by atoms with E-state index in [9.17, 15) is 8.78 Å². The molecule has 0 aliphatic rings. The van der Waals surface area contributed by atoms with Crippen molar-refractivity contribution in [3.63, 3.8) is 0 Å². The van der Waals surface area contributed by atoms with Gasteiger partial charge in [-0.3, -0.25) is 0 Å². The maximum Gasteiger partial charge on any atom is 0.251 e. The van der Waals surface area contributed by atoms with Crippen LogP contribution in [0, 0.1) is 11.8 Å². The van der Waals surface area contributed by atoms with E-state index >= 15 is 0 Å². The number of nitrogen functional groups attached to an aromatic ring is 1. The molecule has 1 aromatic heterocycles. The predicted molar refractivity (Wildman–Crippen MR) is 45.9 cm³/mol. The van der Waals surface area contributed by atoms with Crippen LogP contribution in [0.5, 0.6) is 5.75 Å². The summed E-state index contributed by atoms with van der Waals surface area (Å²) in [7, 11) is 1.50. The van der Waals surface area contributed by atoms with Gasteiger partial charge in [0.15, 0.2) is 17.4 Å². The van der Waals surface area contributed by atoms with Crippen LogP contribution in [0.15, 0.2) is 6.07 Å². The number of rotatable bonds is 4. The highest BCUT2D eigenvalue weighted by Crippen LogP contribution is 2.20. The number of nitrogens with zero attached hydrogens (tertiary/aromatic N) is 1. The van der Waals surface area contributed by atoms with Gasteiger partial charge in [0, 0.05) is 13.2 Å². The lowest BCUT2D eigenvalue weighted by Crippen LogP contribution is -2.08. The summed E-state index contributed by atoms with van der Waals surface area (Å²) in [5, 5.41) is 0. The van der Waals surface area contributed by atoms with Crippen LogP contribution >= 0.6 is 0 Å². The second-order valence-corrected chi connectivity index (χ2v) is 2.49. The highest BCUT2D eigenvalue weighted by Gasteiger charge is 2.09. The van der Waals surface area contributed by atoms with E-state index < -0.39 is 11.8 Å². The molecular weight excluding hydrogens is 194 g/mol. The Morgan fingerprint density at radius 1 is 1.43 bits per heavy atom. The maximum atomic E-state index is 12.7. The highest BCUT2D eigenvalue weighted by atomic mass is 19.2. The zero-order chi connectivity index (χ0) is 10.6. The minimum Gasteiger partial charge on any atom is -0.487 e. The number of anilines is 1. The van der Waals surface area contributed by atoms with Gasteiger partial charge in [0.05, 0.1) is 6.61 Å². The maximum absolute atomic E-state index is 12.7. The van der Waals surface area contributed by atoms with Crippen molar-refractivity contribution in [2.75, 3.05) is 26.1 Å². The average molecular weight is 204 g/mol. The van der Waals surface area contributed by atoms with E-state index in [-0.39, 0.29) is 18.2 Å². The fourth-order valence-electron chi connectivity index (χ4n) is 0.813. The second kappa shape index (κ2) is 4.71. The fraction of sp³-hybridized carbons (Fsp3) is 0.375. The molecular formula is C8H10F2N2O2. The zero-order valence-electron chi connectivity index (χ0n) is 7.59. The van der Waals surface area contributed by atoms with Crippen LogP contribution in [0.1, 0.15) is 0 Å². The van der Waals surface area contributed by atoms with Gasteiger partial charge in [-0.25, -0.2) is 4.39 Å². The van der Waals surface area contributed by atoms with Gasteiger partial charge >= 0.3 is 0 Å². The third kappa shape index (κ3) is 2.53. The van der Waals surface area contributed by atoms with Gasteiger partial charge in [-0.15, -0.1) is 0 Å². The summed E-state index contributed by atoms with van der Waals surface area (Å²) in [5.74, 6) is -2.49. The van der Waals surface area contributed by atoms with E-state index in [2.05, 4.69) is 4.98 Å². The van der Waals surface area contributed by atoms with E-state index in [1.807, 2.05) is 0 Å². The molecule has 14 heavy (non-hydrogen) atoms. The Labute approximate surface area is 79.6 Å². The summed E-state index contributed by atoms with van der Waals surface area (Å²) in [6, 6.07) is 0.854. The van der Waals surface area contributed by atoms with E-state index in [0.29, 0.717) is 6.61 Å². The number of halogens is 2. The Kier molecular flexibility index (Phi) is 3.58. The number of pyridine rings is 1. The summed E-state index contributed by atoms with van der Waals surface area (Å²) >= 11 is 0. The molecule has 4 nitrogen and oxygen atoms in total. The molecule has 0 amide bonds. The molecule has 6 heteroatoms. The van der Waals surface area contributed by atoms with Crippen LogP contribution in [-0.4, -0.2) is 25.3 Å². The molecule has 78 valence electrons.